The monoisotopic (exact) mass is 251 g/mol. The van der Waals surface area contributed by atoms with Crippen LogP contribution < -0.4 is 10.6 Å². The van der Waals surface area contributed by atoms with E-state index in [-0.39, 0.29) is 6.03 Å². The molecule has 6 nitrogen and oxygen atoms in total. The number of aromatic nitrogens is 3. The molecule has 0 saturated heterocycles. The van der Waals surface area contributed by atoms with E-state index < -0.39 is 0 Å². The zero-order valence-corrected chi connectivity index (χ0v) is 10.2. The second-order valence-corrected chi connectivity index (χ2v) is 4.13. The van der Waals surface area contributed by atoms with E-state index in [1.54, 1.807) is 22.2 Å². The highest BCUT2D eigenvalue weighted by Gasteiger charge is 2.04. The van der Waals surface area contributed by atoms with Crippen molar-refractivity contribution in [1.29, 1.82) is 0 Å². The summed E-state index contributed by atoms with van der Waals surface area (Å²) in [5.74, 6) is 0. The highest BCUT2D eigenvalue weighted by molar-refractivity contribution is 7.08. The lowest BCUT2D eigenvalue weighted by Gasteiger charge is -2.02. The van der Waals surface area contributed by atoms with Gasteiger partial charge >= 0.3 is 6.03 Å². The lowest BCUT2D eigenvalue weighted by Crippen LogP contribution is -2.34. The van der Waals surface area contributed by atoms with Gasteiger partial charge in [0.1, 0.15) is 5.69 Å². The van der Waals surface area contributed by atoms with Gasteiger partial charge in [-0.15, -0.1) is 5.10 Å². The quantitative estimate of drug-likeness (QED) is 0.856. The Labute approximate surface area is 103 Å². The first kappa shape index (κ1) is 11.6. The predicted molar refractivity (Wildman–Crippen MR) is 65.1 cm³/mol. The van der Waals surface area contributed by atoms with Gasteiger partial charge in [-0.2, -0.15) is 11.3 Å². The molecule has 0 unspecified atom stereocenters. The normalized spacial score (nSPS) is 10.2. The standard InChI is InChI=1S/C10H13N5OS/c1-2-11-10(16)12-5-8-6-15(14-13-8)9-3-4-17-7-9/h3-4,6-7H,2,5H2,1H3,(H2,11,12,16). The summed E-state index contributed by atoms with van der Waals surface area (Å²) in [7, 11) is 0. The molecule has 0 atom stereocenters. The van der Waals surface area contributed by atoms with Crippen LogP contribution in [0.3, 0.4) is 0 Å². The minimum absolute atomic E-state index is 0.197. The molecule has 0 aliphatic heterocycles. The second-order valence-electron chi connectivity index (χ2n) is 3.35. The molecule has 2 rings (SSSR count). The molecule has 0 radical (unpaired) electrons. The van der Waals surface area contributed by atoms with Crippen molar-refractivity contribution in [1.82, 2.24) is 25.6 Å². The van der Waals surface area contributed by atoms with Crippen LogP contribution in [-0.4, -0.2) is 27.6 Å². The lowest BCUT2D eigenvalue weighted by molar-refractivity contribution is 0.241. The maximum absolute atomic E-state index is 11.2. The van der Waals surface area contributed by atoms with E-state index in [1.165, 1.54) is 0 Å². The van der Waals surface area contributed by atoms with Crippen LogP contribution in [0, 0.1) is 0 Å². The fraction of sp³-hybridized carbons (Fsp3) is 0.300. The number of nitrogens with zero attached hydrogens (tertiary/aromatic N) is 3. The number of urea groups is 1. The molecule has 0 aliphatic rings. The molecule has 0 aliphatic carbocycles. The molecule has 2 amide bonds. The Kier molecular flexibility index (Phi) is 3.71. The average molecular weight is 251 g/mol. The van der Waals surface area contributed by atoms with E-state index in [2.05, 4.69) is 20.9 Å². The summed E-state index contributed by atoms with van der Waals surface area (Å²) in [6, 6.07) is 1.76. The van der Waals surface area contributed by atoms with Gasteiger partial charge in [0.05, 0.1) is 18.4 Å². The largest absolute Gasteiger partial charge is 0.338 e. The van der Waals surface area contributed by atoms with Gasteiger partial charge in [0.2, 0.25) is 0 Å². The number of amides is 2. The molecule has 0 bridgehead atoms. The molecular weight excluding hydrogens is 238 g/mol. The van der Waals surface area contributed by atoms with Gasteiger partial charge in [-0.05, 0) is 18.4 Å². The highest BCUT2D eigenvalue weighted by Crippen LogP contribution is 2.10. The summed E-state index contributed by atoms with van der Waals surface area (Å²) in [4.78, 5) is 11.2. The van der Waals surface area contributed by atoms with E-state index in [9.17, 15) is 4.79 Å². The van der Waals surface area contributed by atoms with Crippen molar-refractivity contribution in [2.75, 3.05) is 6.54 Å². The number of hydrogen-bond donors (Lipinski definition) is 2. The van der Waals surface area contributed by atoms with Gasteiger partial charge in [-0.3, -0.25) is 0 Å². The molecule has 17 heavy (non-hydrogen) atoms. The molecule has 2 N–H and O–H groups in total. The van der Waals surface area contributed by atoms with Crippen LogP contribution in [0.2, 0.25) is 0 Å². The van der Waals surface area contributed by atoms with Gasteiger partial charge in [0.15, 0.2) is 0 Å². The van der Waals surface area contributed by atoms with Crippen LogP contribution in [0.15, 0.2) is 23.0 Å². The van der Waals surface area contributed by atoms with E-state index in [4.69, 9.17) is 0 Å². The summed E-state index contributed by atoms with van der Waals surface area (Å²) in [5.41, 5.74) is 1.70. The van der Waals surface area contributed by atoms with E-state index >= 15 is 0 Å². The molecule has 2 heterocycles. The molecule has 2 aromatic rings. The van der Waals surface area contributed by atoms with Crippen molar-refractivity contribution in [3.63, 3.8) is 0 Å². The van der Waals surface area contributed by atoms with Crippen LogP contribution in [0.1, 0.15) is 12.6 Å². The van der Waals surface area contributed by atoms with Crippen molar-refractivity contribution in [2.45, 2.75) is 13.5 Å². The Hall–Kier alpha value is -1.89. The number of hydrogen-bond acceptors (Lipinski definition) is 4. The summed E-state index contributed by atoms with van der Waals surface area (Å²) >= 11 is 1.60. The number of rotatable bonds is 4. The molecule has 2 aromatic heterocycles. The molecule has 0 aromatic carbocycles. The number of carbonyl (C=O) groups excluding carboxylic acids is 1. The number of thiophene rings is 1. The van der Waals surface area contributed by atoms with Crippen LogP contribution in [0.25, 0.3) is 5.69 Å². The van der Waals surface area contributed by atoms with Crippen molar-refractivity contribution in [3.05, 3.63) is 28.7 Å². The Bertz CT molecular complexity index is 479. The van der Waals surface area contributed by atoms with Gasteiger partial charge < -0.3 is 10.6 Å². The van der Waals surface area contributed by atoms with Crippen LogP contribution >= 0.6 is 11.3 Å². The number of nitrogens with one attached hydrogen (secondary N) is 2. The Balaban J connectivity index is 1.93. The topological polar surface area (TPSA) is 71.8 Å². The fourth-order valence-corrected chi connectivity index (χ4v) is 1.91. The van der Waals surface area contributed by atoms with E-state index in [0.29, 0.717) is 13.1 Å². The summed E-state index contributed by atoms with van der Waals surface area (Å²) < 4.78 is 1.69. The smallest absolute Gasteiger partial charge is 0.315 e. The summed E-state index contributed by atoms with van der Waals surface area (Å²) in [6.07, 6.45) is 1.80. The van der Waals surface area contributed by atoms with Crippen molar-refractivity contribution in [2.24, 2.45) is 0 Å². The average Bonchev–Trinajstić information content (AvgIpc) is 2.97. The van der Waals surface area contributed by atoms with Crippen molar-refractivity contribution >= 4 is 17.4 Å². The van der Waals surface area contributed by atoms with Crippen LogP contribution in [0.5, 0.6) is 0 Å². The molecule has 0 saturated carbocycles. The van der Waals surface area contributed by atoms with Gasteiger partial charge in [0, 0.05) is 11.9 Å². The predicted octanol–water partition coefficient (Wildman–Crippen LogP) is 1.15. The first-order chi connectivity index (χ1) is 8.29. The summed E-state index contributed by atoms with van der Waals surface area (Å²) in [6.45, 7) is 2.84. The molecule has 7 heteroatoms. The maximum atomic E-state index is 11.2. The third kappa shape index (κ3) is 3.04. The molecule has 0 spiro atoms. The number of carbonyl (C=O) groups is 1. The van der Waals surface area contributed by atoms with Crippen molar-refractivity contribution in [3.8, 4) is 5.69 Å². The molecular formula is C10H13N5OS. The van der Waals surface area contributed by atoms with E-state index in [1.807, 2.05) is 23.8 Å². The second kappa shape index (κ2) is 5.44. The minimum atomic E-state index is -0.197. The third-order valence-corrected chi connectivity index (χ3v) is 2.75. The Morgan fingerprint density at radius 3 is 3.12 bits per heavy atom. The first-order valence-corrected chi connectivity index (χ1v) is 6.19. The Morgan fingerprint density at radius 1 is 1.53 bits per heavy atom. The van der Waals surface area contributed by atoms with Crippen LogP contribution in [0.4, 0.5) is 4.79 Å². The zero-order chi connectivity index (χ0) is 12.1. The lowest BCUT2D eigenvalue weighted by atomic mass is 10.4. The van der Waals surface area contributed by atoms with E-state index in [0.717, 1.165) is 11.4 Å². The minimum Gasteiger partial charge on any atom is -0.338 e. The van der Waals surface area contributed by atoms with Crippen molar-refractivity contribution < 1.29 is 4.79 Å². The first-order valence-electron chi connectivity index (χ1n) is 5.25. The van der Waals surface area contributed by atoms with Gasteiger partial charge in [-0.1, -0.05) is 5.21 Å². The maximum Gasteiger partial charge on any atom is 0.315 e. The zero-order valence-electron chi connectivity index (χ0n) is 9.38. The van der Waals surface area contributed by atoms with Gasteiger partial charge in [-0.25, -0.2) is 9.48 Å². The molecule has 90 valence electrons. The molecule has 0 fully saturated rings. The Morgan fingerprint density at radius 2 is 2.41 bits per heavy atom. The highest BCUT2D eigenvalue weighted by atomic mass is 32.1. The van der Waals surface area contributed by atoms with Gasteiger partial charge in [0.25, 0.3) is 0 Å². The SMILES string of the molecule is CCNC(=O)NCc1cn(-c2ccsc2)nn1. The fourth-order valence-electron chi connectivity index (χ4n) is 1.29. The summed E-state index contributed by atoms with van der Waals surface area (Å²) in [5, 5.41) is 17.3. The third-order valence-electron chi connectivity index (χ3n) is 2.08. The van der Waals surface area contributed by atoms with Crippen LogP contribution in [-0.2, 0) is 6.54 Å².